The maximum atomic E-state index is 10.7. The molecule has 2 amide bonds. The Morgan fingerprint density at radius 1 is 1.15 bits per heavy atom. The number of carbonyl (C=O) groups excluding carboxylic acids is 3. The minimum Gasteiger partial charge on any atom is -0.452 e. The lowest BCUT2D eigenvalue weighted by Gasteiger charge is -2.11. The zero-order valence-electron chi connectivity index (χ0n) is 7.40. The fraction of sp³-hybridized carbons (Fsp3) is 0.500. The molecule has 0 unspecified atom stereocenters. The minimum absolute atomic E-state index is 0. The van der Waals surface area contributed by atoms with Crippen molar-refractivity contribution in [3.05, 3.63) is 0 Å². The van der Waals surface area contributed by atoms with E-state index in [0.717, 1.165) is 21.1 Å². The SMILES string of the molecule is COC(=O)N(C)C(=O)OC(C)=O.Cl. The normalized spacial score (nSPS) is 7.92. The van der Waals surface area contributed by atoms with Gasteiger partial charge in [-0.3, -0.25) is 4.79 Å². The molecule has 0 aromatic rings. The van der Waals surface area contributed by atoms with Gasteiger partial charge in [-0.15, -0.1) is 12.4 Å². The quantitative estimate of drug-likeness (QED) is 0.438. The molecule has 0 aliphatic carbocycles. The highest BCUT2D eigenvalue weighted by Gasteiger charge is 2.19. The number of amides is 2. The van der Waals surface area contributed by atoms with Crippen molar-refractivity contribution < 1.29 is 23.9 Å². The number of esters is 1. The Labute approximate surface area is 81.2 Å². The highest BCUT2D eigenvalue weighted by Crippen LogP contribution is 1.93. The number of methoxy groups -OCH3 is 1. The first-order valence-electron chi connectivity index (χ1n) is 3.03. The van der Waals surface area contributed by atoms with Crippen LogP contribution in [0.1, 0.15) is 6.92 Å². The van der Waals surface area contributed by atoms with Crippen LogP contribution in [0.5, 0.6) is 0 Å². The standard InChI is InChI=1S/C6H9NO5.ClH/c1-4(8)12-6(10)7(2)5(9)11-3;/h1-3H3;1H. The van der Waals surface area contributed by atoms with Crippen LogP contribution in [-0.4, -0.2) is 37.2 Å². The molecule has 0 aliphatic heterocycles. The summed E-state index contributed by atoms with van der Waals surface area (Å²) in [6, 6.07) is 0. The zero-order valence-corrected chi connectivity index (χ0v) is 8.21. The molecule has 0 N–H and O–H groups in total. The van der Waals surface area contributed by atoms with Crippen molar-refractivity contribution in [2.24, 2.45) is 0 Å². The van der Waals surface area contributed by atoms with Crippen molar-refractivity contribution in [2.45, 2.75) is 6.92 Å². The molecule has 13 heavy (non-hydrogen) atoms. The summed E-state index contributed by atoms with van der Waals surface area (Å²) in [5.74, 6) is -0.782. The molecule has 0 bridgehead atoms. The largest absolute Gasteiger partial charge is 0.452 e. The van der Waals surface area contributed by atoms with Crippen molar-refractivity contribution in [3.63, 3.8) is 0 Å². The van der Waals surface area contributed by atoms with E-state index in [1.807, 2.05) is 0 Å². The summed E-state index contributed by atoms with van der Waals surface area (Å²) in [4.78, 5) is 32.2. The summed E-state index contributed by atoms with van der Waals surface area (Å²) in [7, 11) is 2.25. The van der Waals surface area contributed by atoms with Crippen molar-refractivity contribution in [1.82, 2.24) is 4.90 Å². The number of ether oxygens (including phenoxy) is 2. The minimum atomic E-state index is -1.06. The van der Waals surface area contributed by atoms with Crippen LogP contribution >= 0.6 is 12.4 Å². The maximum Gasteiger partial charge on any atom is 0.426 e. The Bertz CT molecular complexity index is 217. The maximum absolute atomic E-state index is 10.7. The van der Waals surface area contributed by atoms with Crippen LogP contribution in [0.25, 0.3) is 0 Å². The van der Waals surface area contributed by atoms with Gasteiger partial charge in [0.2, 0.25) is 0 Å². The van der Waals surface area contributed by atoms with E-state index in [4.69, 9.17) is 0 Å². The Balaban J connectivity index is 0. The third-order valence-corrected chi connectivity index (χ3v) is 0.953. The fourth-order valence-corrected chi connectivity index (χ4v) is 0.403. The molecule has 0 spiro atoms. The topological polar surface area (TPSA) is 72.9 Å². The van der Waals surface area contributed by atoms with Crippen LogP contribution in [0.15, 0.2) is 0 Å². The van der Waals surface area contributed by atoms with E-state index in [1.165, 1.54) is 0 Å². The average Bonchev–Trinajstić information content (AvgIpc) is 2.00. The second kappa shape index (κ2) is 6.24. The Morgan fingerprint density at radius 3 is 1.92 bits per heavy atom. The van der Waals surface area contributed by atoms with Gasteiger partial charge in [-0.1, -0.05) is 0 Å². The van der Waals surface area contributed by atoms with E-state index >= 15 is 0 Å². The van der Waals surface area contributed by atoms with Crippen LogP contribution in [0.2, 0.25) is 0 Å². The first-order valence-corrected chi connectivity index (χ1v) is 3.03. The highest BCUT2D eigenvalue weighted by molar-refractivity contribution is 5.92. The van der Waals surface area contributed by atoms with Crippen LogP contribution in [-0.2, 0) is 14.3 Å². The number of halogens is 1. The molecule has 0 aromatic heterocycles. The Hall–Kier alpha value is -1.30. The molecular formula is C6H10ClNO5. The summed E-state index contributed by atoms with van der Waals surface area (Å²) in [6.45, 7) is 1.06. The molecule has 7 heteroatoms. The monoisotopic (exact) mass is 211 g/mol. The van der Waals surface area contributed by atoms with Gasteiger partial charge in [-0.25, -0.2) is 14.5 Å². The second-order valence-corrected chi connectivity index (χ2v) is 1.89. The Kier molecular flexibility index (Phi) is 6.84. The predicted molar refractivity (Wildman–Crippen MR) is 44.6 cm³/mol. The van der Waals surface area contributed by atoms with E-state index in [-0.39, 0.29) is 12.4 Å². The number of imide groups is 1. The van der Waals surface area contributed by atoms with E-state index in [1.54, 1.807) is 0 Å². The molecule has 0 aromatic carbocycles. The molecular weight excluding hydrogens is 202 g/mol. The average molecular weight is 212 g/mol. The van der Waals surface area contributed by atoms with E-state index < -0.39 is 18.2 Å². The van der Waals surface area contributed by atoms with Gasteiger partial charge in [0.15, 0.2) is 0 Å². The molecule has 0 saturated heterocycles. The van der Waals surface area contributed by atoms with E-state index in [2.05, 4.69) is 9.47 Å². The highest BCUT2D eigenvalue weighted by atomic mass is 35.5. The number of rotatable bonds is 0. The molecule has 0 fully saturated rings. The second-order valence-electron chi connectivity index (χ2n) is 1.89. The van der Waals surface area contributed by atoms with Gasteiger partial charge < -0.3 is 9.47 Å². The third-order valence-electron chi connectivity index (χ3n) is 0.953. The zero-order chi connectivity index (χ0) is 9.72. The van der Waals surface area contributed by atoms with Crippen LogP contribution < -0.4 is 0 Å². The van der Waals surface area contributed by atoms with Crippen LogP contribution in [0.4, 0.5) is 9.59 Å². The first-order chi connectivity index (χ1) is 5.49. The van der Waals surface area contributed by atoms with Gasteiger partial charge in [0, 0.05) is 14.0 Å². The lowest BCUT2D eigenvalue weighted by atomic mass is 10.8. The van der Waals surface area contributed by atoms with E-state index in [0.29, 0.717) is 4.90 Å². The predicted octanol–water partition coefficient (Wildman–Crippen LogP) is 0.790. The summed E-state index contributed by atoms with van der Waals surface area (Å²) in [6.07, 6.45) is -1.95. The number of hydrogen-bond donors (Lipinski definition) is 0. The molecule has 0 atom stereocenters. The molecule has 0 heterocycles. The molecule has 0 rings (SSSR count). The van der Waals surface area contributed by atoms with Gasteiger partial charge in [-0.2, -0.15) is 0 Å². The van der Waals surface area contributed by atoms with Crippen molar-refractivity contribution >= 4 is 30.6 Å². The van der Waals surface area contributed by atoms with Crippen molar-refractivity contribution in [1.29, 1.82) is 0 Å². The summed E-state index contributed by atoms with van der Waals surface area (Å²) >= 11 is 0. The molecule has 0 radical (unpaired) electrons. The molecule has 0 aliphatic rings. The Morgan fingerprint density at radius 2 is 1.62 bits per heavy atom. The molecule has 6 nitrogen and oxygen atoms in total. The lowest BCUT2D eigenvalue weighted by Crippen LogP contribution is -2.34. The first kappa shape index (κ1) is 14.2. The third kappa shape index (κ3) is 5.02. The number of hydrogen-bond acceptors (Lipinski definition) is 5. The molecule has 76 valence electrons. The van der Waals surface area contributed by atoms with Gasteiger partial charge in [0.1, 0.15) is 0 Å². The number of carbonyl (C=O) groups is 3. The van der Waals surface area contributed by atoms with Gasteiger partial charge >= 0.3 is 18.2 Å². The van der Waals surface area contributed by atoms with Gasteiger partial charge in [0.25, 0.3) is 0 Å². The van der Waals surface area contributed by atoms with Crippen molar-refractivity contribution in [2.75, 3.05) is 14.2 Å². The van der Waals surface area contributed by atoms with Gasteiger partial charge in [0.05, 0.1) is 7.11 Å². The summed E-state index contributed by atoms with van der Waals surface area (Å²) < 4.78 is 8.27. The lowest BCUT2D eigenvalue weighted by molar-refractivity contribution is -0.135. The van der Waals surface area contributed by atoms with Gasteiger partial charge in [-0.05, 0) is 0 Å². The van der Waals surface area contributed by atoms with Crippen LogP contribution in [0, 0.1) is 0 Å². The molecule has 0 saturated carbocycles. The van der Waals surface area contributed by atoms with Crippen molar-refractivity contribution in [3.8, 4) is 0 Å². The summed E-state index contributed by atoms with van der Waals surface area (Å²) in [5.41, 5.74) is 0. The number of nitrogens with zero attached hydrogens (tertiary/aromatic N) is 1. The fourth-order valence-electron chi connectivity index (χ4n) is 0.403. The summed E-state index contributed by atoms with van der Waals surface area (Å²) in [5, 5.41) is 0. The van der Waals surface area contributed by atoms with Crippen LogP contribution in [0.3, 0.4) is 0 Å². The van der Waals surface area contributed by atoms with E-state index in [9.17, 15) is 14.4 Å². The smallest absolute Gasteiger partial charge is 0.426 e.